The number of anilines is 1. The number of amides is 2. The van der Waals surface area contributed by atoms with Crippen LogP contribution < -0.4 is 4.90 Å². The van der Waals surface area contributed by atoms with Crippen molar-refractivity contribution in [3.63, 3.8) is 0 Å². The average molecular weight is 375 g/mol. The molecule has 0 aliphatic carbocycles. The molecule has 148 valence electrons. The number of hydrogen-bond acceptors (Lipinski definition) is 6. The van der Waals surface area contributed by atoms with Crippen LogP contribution >= 0.6 is 0 Å². The number of carbonyl (C=O) groups excluding carboxylic acids is 2. The molecule has 2 fully saturated rings. The lowest BCUT2D eigenvalue weighted by molar-refractivity contribution is 0.0565. The van der Waals surface area contributed by atoms with Gasteiger partial charge in [-0.15, -0.1) is 0 Å². The van der Waals surface area contributed by atoms with Gasteiger partial charge in [0.05, 0.1) is 6.61 Å². The fourth-order valence-corrected chi connectivity index (χ4v) is 3.53. The Labute approximate surface area is 160 Å². The molecule has 3 heterocycles. The quantitative estimate of drug-likeness (QED) is 0.803. The summed E-state index contributed by atoms with van der Waals surface area (Å²) in [7, 11) is 0. The maximum absolute atomic E-state index is 12.9. The first-order valence-electron chi connectivity index (χ1n) is 9.79. The van der Waals surface area contributed by atoms with Gasteiger partial charge in [-0.2, -0.15) is 0 Å². The molecule has 2 amide bonds. The Morgan fingerprint density at radius 3 is 2.33 bits per heavy atom. The number of piperazine rings is 1. The molecule has 27 heavy (non-hydrogen) atoms. The summed E-state index contributed by atoms with van der Waals surface area (Å²) in [5, 5.41) is 0. The van der Waals surface area contributed by atoms with Crippen LogP contribution in [0, 0.1) is 12.8 Å². The highest BCUT2D eigenvalue weighted by molar-refractivity contribution is 5.93. The van der Waals surface area contributed by atoms with Crippen molar-refractivity contribution >= 4 is 17.8 Å². The molecule has 3 rings (SSSR count). The lowest BCUT2D eigenvalue weighted by Gasteiger charge is -2.34. The lowest BCUT2D eigenvalue weighted by atomic mass is 9.99. The number of ether oxygens (including phenoxy) is 1. The minimum atomic E-state index is -0.316. The molecular formula is C19H29N5O3. The Bertz CT molecular complexity index is 680. The topological polar surface area (TPSA) is 78.9 Å². The molecule has 0 atom stereocenters. The van der Waals surface area contributed by atoms with Gasteiger partial charge in [-0.3, -0.25) is 4.79 Å². The third-order valence-corrected chi connectivity index (χ3v) is 5.24. The molecule has 0 saturated carbocycles. The van der Waals surface area contributed by atoms with E-state index in [1.165, 1.54) is 0 Å². The summed E-state index contributed by atoms with van der Waals surface area (Å²) in [6.45, 7) is 10.1. The molecule has 2 aliphatic rings. The second-order valence-electron chi connectivity index (χ2n) is 7.31. The number of aromatic nitrogens is 2. The molecule has 0 bridgehead atoms. The molecule has 0 radical (unpaired) electrons. The number of hydrogen-bond donors (Lipinski definition) is 0. The van der Waals surface area contributed by atoms with Gasteiger partial charge in [0.15, 0.2) is 0 Å². The van der Waals surface area contributed by atoms with Gasteiger partial charge in [0, 0.05) is 45.3 Å². The van der Waals surface area contributed by atoms with Crippen LogP contribution in [-0.2, 0) is 4.74 Å². The summed E-state index contributed by atoms with van der Waals surface area (Å²) in [5.74, 6) is 2.08. The summed E-state index contributed by atoms with van der Waals surface area (Å²) < 4.78 is 5.03. The molecule has 0 spiro atoms. The van der Waals surface area contributed by atoms with Crippen LogP contribution in [0.3, 0.4) is 0 Å². The monoisotopic (exact) mass is 375 g/mol. The molecule has 0 N–H and O–H groups in total. The molecule has 0 aromatic carbocycles. The molecule has 1 aromatic rings. The predicted octanol–water partition coefficient (Wildman–Crippen LogP) is 1.94. The summed E-state index contributed by atoms with van der Waals surface area (Å²) >= 11 is 0. The number of nitrogens with zero attached hydrogens (tertiary/aromatic N) is 5. The van der Waals surface area contributed by atoms with E-state index in [1.54, 1.807) is 16.7 Å². The SMILES string of the molecule is CCOC(=O)N1CCN(C(=O)c2cc(N3CCC(C)CC3)nc(C)n2)CC1. The van der Waals surface area contributed by atoms with Gasteiger partial charge in [0.2, 0.25) is 0 Å². The second kappa shape index (κ2) is 8.54. The van der Waals surface area contributed by atoms with Gasteiger partial charge >= 0.3 is 6.09 Å². The number of rotatable bonds is 3. The molecule has 0 unspecified atom stereocenters. The Morgan fingerprint density at radius 1 is 1.07 bits per heavy atom. The Hall–Kier alpha value is -2.38. The normalized spacial score (nSPS) is 18.6. The van der Waals surface area contributed by atoms with Gasteiger partial charge in [0.25, 0.3) is 5.91 Å². The maximum Gasteiger partial charge on any atom is 0.409 e. The van der Waals surface area contributed by atoms with Crippen molar-refractivity contribution in [2.24, 2.45) is 5.92 Å². The van der Waals surface area contributed by atoms with Gasteiger partial charge in [-0.1, -0.05) is 6.92 Å². The van der Waals surface area contributed by atoms with Crippen LogP contribution in [0.25, 0.3) is 0 Å². The number of carbonyl (C=O) groups is 2. The van der Waals surface area contributed by atoms with E-state index < -0.39 is 0 Å². The fraction of sp³-hybridized carbons (Fsp3) is 0.684. The standard InChI is InChI=1S/C19H29N5O3/c1-4-27-19(26)24-11-9-23(10-12-24)18(25)16-13-17(21-15(3)20-16)22-7-5-14(2)6-8-22/h13-14H,4-12H2,1-3H3. The third-order valence-electron chi connectivity index (χ3n) is 5.24. The molecule has 1 aromatic heterocycles. The largest absolute Gasteiger partial charge is 0.450 e. The molecular weight excluding hydrogens is 346 g/mol. The van der Waals surface area contributed by atoms with Gasteiger partial charge in [-0.05, 0) is 32.6 Å². The van der Waals surface area contributed by atoms with E-state index in [9.17, 15) is 9.59 Å². The Balaban J connectivity index is 1.66. The van der Waals surface area contributed by atoms with E-state index >= 15 is 0 Å². The van der Waals surface area contributed by atoms with Crippen LogP contribution in [0.4, 0.5) is 10.6 Å². The maximum atomic E-state index is 12.9. The molecule has 8 nitrogen and oxygen atoms in total. The van der Waals surface area contributed by atoms with Crippen molar-refractivity contribution < 1.29 is 14.3 Å². The molecule has 8 heteroatoms. The van der Waals surface area contributed by atoms with E-state index in [0.717, 1.165) is 37.7 Å². The Morgan fingerprint density at radius 2 is 1.70 bits per heavy atom. The zero-order valence-electron chi connectivity index (χ0n) is 16.5. The summed E-state index contributed by atoms with van der Waals surface area (Å²) in [6.07, 6.45) is 1.97. The first kappa shape index (κ1) is 19.4. The van der Waals surface area contributed by atoms with Gasteiger partial charge in [0.1, 0.15) is 17.3 Å². The summed E-state index contributed by atoms with van der Waals surface area (Å²) in [4.78, 5) is 39.3. The second-order valence-corrected chi connectivity index (χ2v) is 7.31. The van der Waals surface area contributed by atoms with Crippen LogP contribution in [0.2, 0.25) is 0 Å². The highest BCUT2D eigenvalue weighted by Gasteiger charge is 2.27. The van der Waals surface area contributed by atoms with E-state index in [2.05, 4.69) is 21.8 Å². The van der Waals surface area contributed by atoms with Crippen LogP contribution in [0.5, 0.6) is 0 Å². The van der Waals surface area contributed by atoms with Crippen LogP contribution in [0.15, 0.2) is 6.07 Å². The highest BCUT2D eigenvalue weighted by Crippen LogP contribution is 2.22. The average Bonchev–Trinajstić information content (AvgIpc) is 2.68. The van der Waals surface area contributed by atoms with Crippen molar-refractivity contribution in [1.82, 2.24) is 19.8 Å². The van der Waals surface area contributed by atoms with Crippen molar-refractivity contribution in [2.75, 3.05) is 50.8 Å². The zero-order valence-corrected chi connectivity index (χ0v) is 16.5. The van der Waals surface area contributed by atoms with E-state index in [1.807, 2.05) is 13.0 Å². The molecule has 2 aliphatic heterocycles. The van der Waals surface area contributed by atoms with E-state index in [0.29, 0.717) is 44.3 Å². The molecule has 2 saturated heterocycles. The van der Waals surface area contributed by atoms with Crippen LogP contribution in [0.1, 0.15) is 43.0 Å². The van der Waals surface area contributed by atoms with Crippen molar-refractivity contribution in [1.29, 1.82) is 0 Å². The van der Waals surface area contributed by atoms with Crippen LogP contribution in [-0.4, -0.2) is 77.6 Å². The Kier molecular flexibility index (Phi) is 6.13. The van der Waals surface area contributed by atoms with Crippen molar-refractivity contribution in [2.45, 2.75) is 33.6 Å². The number of aryl methyl sites for hydroxylation is 1. The number of piperidine rings is 1. The first-order valence-corrected chi connectivity index (χ1v) is 9.79. The minimum Gasteiger partial charge on any atom is -0.450 e. The lowest BCUT2D eigenvalue weighted by Crippen LogP contribution is -2.51. The van der Waals surface area contributed by atoms with Crippen molar-refractivity contribution in [3.8, 4) is 0 Å². The highest BCUT2D eigenvalue weighted by atomic mass is 16.6. The third kappa shape index (κ3) is 4.67. The zero-order chi connectivity index (χ0) is 19.4. The summed E-state index contributed by atoms with van der Waals surface area (Å²) in [6, 6.07) is 1.81. The van der Waals surface area contributed by atoms with Crippen molar-refractivity contribution in [3.05, 3.63) is 17.6 Å². The van der Waals surface area contributed by atoms with E-state index in [4.69, 9.17) is 4.74 Å². The predicted molar refractivity (Wildman–Crippen MR) is 102 cm³/mol. The van der Waals surface area contributed by atoms with Gasteiger partial charge in [-0.25, -0.2) is 14.8 Å². The fourth-order valence-electron chi connectivity index (χ4n) is 3.53. The first-order chi connectivity index (χ1) is 13.0. The van der Waals surface area contributed by atoms with Gasteiger partial charge < -0.3 is 19.4 Å². The minimum absolute atomic E-state index is 0.101. The summed E-state index contributed by atoms with van der Waals surface area (Å²) in [5.41, 5.74) is 0.431. The smallest absolute Gasteiger partial charge is 0.409 e. The van der Waals surface area contributed by atoms with E-state index in [-0.39, 0.29) is 12.0 Å².